The maximum absolute atomic E-state index is 4.45. The van der Waals surface area contributed by atoms with Crippen molar-refractivity contribution >= 4 is 0 Å². The maximum Gasteiger partial charge on any atom is 0.164 e. The summed E-state index contributed by atoms with van der Waals surface area (Å²) in [7, 11) is 0. The van der Waals surface area contributed by atoms with E-state index in [1.54, 1.807) is 0 Å². The van der Waals surface area contributed by atoms with E-state index in [0.29, 0.717) is 0 Å². The summed E-state index contributed by atoms with van der Waals surface area (Å²) in [4.78, 5) is 4.31. The molecule has 1 rings (SSSR count). The van der Waals surface area contributed by atoms with Crippen LogP contribution in [0.4, 0.5) is 0 Å². The van der Waals surface area contributed by atoms with Crippen molar-refractivity contribution in [1.29, 1.82) is 0 Å². The van der Waals surface area contributed by atoms with E-state index in [9.17, 15) is 0 Å². The van der Waals surface area contributed by atoms with Crippen molar-refractivity contribution < 1.29 is 0 Å². The Morgan fingerprint density at radius 2 is 2.11 bits per heavy atom. The maximum atomic E-state index is 4.45. The third kappa shape index (κ3) is 6.55. The quantitative estimate of drug-likeness (QED) is 0.570. The van der Waals surface area contributed by atoms with E-state index in [4.69, 9.17) is 0 Å². The van der Waals surface area contributed by atoms with Crippen LogP contribution in [0.2, 0.25) is 0 Å². The number of rotatable bonds is 8. The molecule has 0 saturated heterocycles. The van der Waals surface area contributed by atoms with Crippen LogP contribution < -0.4 is 5.32 Å². The molecular weight excluding hydrogens is 224 g/mol. The molecule has 18 heavy (non-hydrogen) atoms. The third-order valence-corrected chi connectivity index (χ3v) is 2.66. The molecule has 1 heterocycles. The van der Waals surface area contributed by atoms with Crippen LogP contribution in [0.15, 0.2) is 19.0 Å². The second-order valence-electron chi connectivity index (χ2n) is 5.67. The highest BCUT2D eigenvalue weighted by Gasteiger charge is 2.10. The smallest absolute Gasteiger partial charge is 0.164 e. The molecule has 0 saturated carbocycles. The Balaban J connectivity index is 2.23. The van der Waals surface area contributed by atoms with Crippen molar-refractivity contribution in [3.05, 3.63) is 24.8 Å². The van der Waals surface area contributed by atoms with E-state index >= 15 is 0 Å². The van der Waals surface area contributed by atoms with Gasteiger partial charge < -0.3 is 5.32 Å². The predicted molar refractivity (Wildman–Crippen MR) is 75.3 cm³/mol. The van der Waals surface area contributed by atoms with Gasteiger partial charge in [0.25, 0.3) is 0 Å². The lowest BCUT2D eigenvalue weighted by Crippen LogP contribution is -2.35. The van der Waals surface area contributed by atoms with E-state index < -0.39 is 0 Å². The SMILES string of the molecule is C=CCCCCCn1cnc(CNC(C)(C)C)n1. The molecule has 4 nitrogen and oxygen atoms in total. The van der Waals surface area contributed by atoms with Gasteiger partial charge in [0, 0.05) is 12.1 Å². The third-order valence-electron chi connectivity index (χ3n) is 2.66. The molecular formula is C14H26N4. The number of hydrogen-bond acceptors (Lipinski definition) is 3. The molecule has 0 aliphatic heterocycles. The largest absolute Gasteiger partial charge is 0.305 e. The van der Waals surface area contributed by atoms with Crippen molar-refractivity contribution in [3.8, 4) is 0 Å². The van der Waals surface area contributed by atoms with E-state index in [0.717, 1.165) is 31.8 Å². The Morgan fingerprint density at radius 1 is 1.33 bits per heavy atom. The summed E-state index contributed by atoms with van der Waals surface area (Å²) in [5, 5.41) is 7.84. The van der Waals surface area contributed by atoms with Gasteiger partial charge in [-0.3, -0.25) is 4.68 Å². The van der Waals surface area contributed by atoms with Crippen LogP contribution in [0, 0.1) is 0 Å². The number of aryl methyl sites for hydroxylation is 1. The van der Waals surface area contributed by atoms with Gasteiger partial charge in [0.1, 0.15) is 6.33 Å². The van der Waals surface area contributed by atoms with E-state index in [1.807, 2.05) is 17.1 Å². The van der Waals surface area contributed by atoms with Gasteiger partial charge in [-0.1, -0.05) is 12.5 Å². The van der Waals surface area contributed by atoms with Crippen LogP contribution in [0.5, 0.6) is 0 Å². The second-order valence-corrected chi connectivity index (χ2v) is 5.67. The van der Waals surface area contributed by atoms with E-state index in [1.165, 1.54) is 12.8 Å². The first-order chi connectivity index (χ1) is 8.51. The molecule has 0 amide bonds. The van der Waals surface area contributed by atoms with E-state index in [-0.39, 0.29) is 5.54 Å². The van der Waals surface area contributed by atoms with Gasteiger partial charge in [0.05, 0.1) is 6.54 Å². The van der Waals surface area contributed by atoms with Gasteiger partial charge in [0.2, 0.25) is 0 Å². The Bertz CT molecular complexity index is 349. The molecule has 0 unspecified atom stereocenters. The van der Waals surface area contributed by atoms with Crippen LogP contribution in [0.25, 0.3) is 0 Å². The number of nitrogens with one attached hydrogen (secondary N) is 1. The Kier molecular flexibility index (Phi) is 6.05. The van der Waals surface area contributed by atoms with Crippen LogP contribution in [-0.2, 0) is 13.1 Å². The van der Waals surface area contributed by atoms with Gasteiger partial charge in [-0.15, -0.1) is 6.58 Å². The monoisotopic (exact) mass is 250 g/mol. The van der Waals surface area contributed by atoms with E-state index in [2.05, 4.69) is 42.7 Å². The van der Waals surface area contributed by atoms with Gasteiger partial charge in [-0.05, 0) is 40.0 Å². The zero-order valence-corrected chi connectivity index (χ0v) is 11.9. The highest BCUT2D eigenvalue weighted by atomic mass is 15.3. The fourth-order valence-electron chi connectivity index (χ4n) is 1.61. The summed E-state index contributed by atoms with van der Waals surface area (Å²) >= 11 is 0. The summed E-state index contributed by atoms with van der Waals surface area (Å²) < 4.78 is 1.94. The predicted octanol–water partition coefficient (Wildman–Crippen LogP) is 2.91. The van der Waals surface area contributed by atoms with Crippen LogP contribution in [-0.4, -0.2) is 20.3 Å². The van der Waals surface area contributed by atoms with Gasteiger partial charge >= 0.3 is 0 Å². The molecule has 0 atom stereocenters. The standard InChI is InChI=1S/C14H26N4/c1-5-6-7-8-9-10-18-12-15-13(17-18)11-16-14(2,3)4/h5,12,16H,1,6-11H2,2-4H3. The first kappa shape index (κ1) is 14.9. The molecule has 0 radical (unpaired) electrons. The minimum Gasteiger partial charge on any atom is -0.305 e. The molecule has 1 aromatic heterocycles. The number of nitrogens with zero attached hydrogens (tertiary/aromatic N) is 3. The Labute approximate surface area is 110 Å². The van der Waals surface area contributed by atoms with Crippen molar-refractivity contribution in [2.45, 2.75) is 65.1 Å². The lowest BCUT2D eigenvalue weighted by atomic mass is 10.1. The summed E-state index contributed by atoms with van der Waals surface area (Å²) in [6.45, 7) is 11.8. The molecule has 1 aromatic rings. The first-order valence-corrected chi connectivity index (χ1v) is 6.75. The molecule has 0 fully saturated rings. The van der Waals surface area contributed by atoms with Gasteiger partial charge in [0.15, 0.2) is 5.82 Å². The topological polar surface area (TPSA) is 42.7 Å². The molecule has 4 heteroatoms. The zero-order chi connectivity index (χ0) is 13.4. The number of unbranched alkanes of at least 4 members (excludes halogenated alkanes) is 3. The average Bonchev–Trinajstić information content (AvgIpc) is 2.73. The molecule has 0 aromatic carbocycles. The molecule has 0 aliphatic carbocycles. The number of hydrogen-bond donors (Lipinski definition) is 1. The molecule has 0 bridgehead atoms. The second kappa shape index (κ2) is 7.31. The fraction of sp³-hybridized carbons (Fsp3) is 0.714. The fourth-order valence-corrected chi connectivity index (χ4v) is 1.61. The molecule has 0 spiro atoms. The van der Waals surface area contributed by atoms with Crippen molar-refractivity contribution in [2.75, 3.05) is 0 Å². The van der Waals surface area contributed by atoms with Gasteiger partial charge in [-0.25, -0.2) is 4.98 Å². The van der Waals surface area contributed by atoms with Crippen molar-refractivity contribution in [1.82, 2.24) is 20.1 Å². The van der Waals surface area contributed by atoms with Crippen molar-refractivity contribution in [2.24, 2.45) is 0 Å². The normalized spacial score (nSPS) is 11.7. The molecule has 102 valence electrons. The lowest BCUT2D eigenvalue weighted by molar-refractivity contribution is 0.416. The molecule has 1 N–H and O–H groups in total. The average molecular weight is 250 g/mol. The van der Waals surface area contributed by atoms with Crippen molar-refractivity contribution in [3.63, 3.8) is 0 Å². The Hall–Kier alpha value is -1.16. The van der Waals surface area contributed by atoms with Gasteiger partial charge in [-0.2, -0.15) is 5.10 Å². The van der Waals surface area contributed by atoms with Crippen LogP contribution >= 0.6 is 0 Å². The molecule has 0 aliphatic rings. The highest BCUT2D eigenvalue weighted by molar-refractivity contribution is 4.83. The van der Waals surface area contributed by atoms with Crippen LogP contribution in [0.3, 0.4) is 0 Å². The number of allylic oxidation sites excluding steroid dienone is 1. The van der Waals surface area contributed by atoms with Crippen LogP contribution in [0.1, 0.15) is 52.3 Å². The first-order valence-electron chi connectivity index (χ1n) is 6.75. The number of aromatic nitrogens is 3. The lowest BCUT2D eigenvalue weighted by Gasteiger charge is -2.19. The minimum absolute atomic E-state index is 0.107. The summed E-state index contributed by atoms with van der Waals surface area (Å²) in [5.74, 6) is 0.871. The zero-order valence-electron chi connectivity index (χ0n) is 11.9. The highest BCUT2D eigenvalue weighted by Crippen LogP contribution is 2.03. The Morgan fingerprint density at radius 3 is 2.78 bits per heavy atom. The summed E-state index contributed by atoms with van der Waals surface area (Å²) in [5.41, 5.74) is 0.107. The summed E-state index contributed by atoms with van der Waals surface area (Å²) in [6.07, 6.45) is 8.51. The minimum atomic E-state index is 0.107. The summed E-state index contributed by atoms with van der Waals surface area (Å²) in [6, 6.07) is 0.